The van der Waals surface area contributed by atoms with E-state index in [1.807, 2.05) is 6.07 Å². The topological polar surface area (TPSA) is 30.5 Å². The number of nitrogens with one attached hydrogen (secondary N) is 1. The third kappa shape index (κ3) is 2.88. The summed E-state index contributed by atoms with van der Waals surface area (Å²) in [5.41, 5.74) is 4.12. The molecule has 3 heteroatoms. The molecule has 0 spiro atoms. The van der Waals surface area contributed by atoms with Crippen LogP contribution in [0, 0.1) is 0 Å². The molecule has 1 unspecified atom stereocenters. The highest BCUT2D eigenvalue weighted by atomic mass is 16.5. The highest BCUT2D eigenvalue weighted by Gasteiger charge is 2.19. The van der Waals surface area contributed by atoms with E-state index < -0.39 is 0 Å². The quantitative estimate of drug-likeness (QED) is 0.938. The van der Waals surface area contributed by atoms with Gasteiger partial charge in [0.1, 0.15) is 0 Å². The van der Waals surface area contributed by atoms with Crippen molar-refractivity contribution in [2.45, 2.75) is 18.9 Å². The Morgan fingerprint density at radius 2 is 1.71 bits per heavy atom. The molecule has 3 nitrogen and oxygen atoms in total. The summed E-state index contributed by atoms with van der Waals surface area (Å²) in [5.74, 6) is 2.03. The van der Waals surface area contributed by atoms with E-state index in [9.17, 15) is 0 Å². The van der Waals surface area contributed by atoms with Crippen LogP contribution in [0.2, 0.25) is 0 Å². The van der Waals surface area contributed by atoms with E-state index >= 15 is 0 Å². The van der Waals surface area contributed by atoms with Crippen LogP contribution in [-0.4, -0.2) is 20.8 Å². The zero-order valence-corrected chi connectivity index (χ0v) is 12.6. The lowest BCUT2D eigenvalue weighted by Crippen LogP contribution is -2.19. The predicted molar refractivity (Wildman–Crippen MR) is 84.1 cm³/mol. The third-order valence-electron chi connectivity index (χ3n) is 4.17. The van der Waals surface area contributed by atoms with Gasteiger partial charge in [-0.1, -0.05) is 30.3 Å². The maximum Gasteiger partial charge on any atom is 0.160 e. The van der Waals surface area contributed by atoms with Gasteiger partial charge in [0.15, 0.2) is 11.5 Å². The third-order valence-corrected chi connectivity index (χ3v) is 4.17. The highest BCUT2D eigenvalue weighted by Crippen LogP contribution is 2.32. The van der Waals surface area contributed by atoms with Crippen LogP contribution in [0.15, 0.2) is 42.5 Å². The van der Waals surface area contributed by atoms with Crippen LogP contribution in [0.5, 0.6) is 11.5 Å². The Bertz CT molecular complexity index is 624. The summed E-state index contributed by atoms with van der Waals surface area (Å²) in [6, 6.07) is 14.9. The summed E-state index contributed by atoms with van der Waals surface area (Å²) in [7, 11) is 3.35. The summed E-state index contributed by atoms with van der Waals surface area (Å²) < 4.78 is 10.7. The van der Waals surface area contributed by atoms with Crippen molar-refractivity contribution in [3.63, 3.8) is 0 Å². The molecule has 2 aromatic rings. The number of hydrogen-bond donors (Lipinski definition) is 1. The van der Waals surface area contributed by atoms with Crippen molar-refractivity contribution < 1.29 is 9.47 Å². The SMILES string of the molecule is COc1ccc(C2CNCc3ccccc3C2)cc1OC. The molecule has 0 bridgehead atoms. The summed E-state index contributed by atoms with van der Waals surface area (Å²) >= 11 is 0. The first-order chi connectivity index (χ1) is 10.3. The van der Waals surface area contributed by atoms with Gasteiger partial charge in [-0.15, -0.1) is 0 Å². The molecule has 110 valence electrons. The van der Waals surface area contributed by atoms with E-state index in [2.05, 4.69) is 41.7 Å². The van der Waals surface area contributed by atoms with Gasteiger partial charge in [0.2, 0.25) is 0 Å². The van der Waals surface area contributed by atoms with Crippen molar-refractivity contribution in [3.8, 4) is 11.5 Å². The first-order valence-electron chi connectivity index (χ1n) is 7.31. The molecule has 0 aromatic heterocycles. The van der Waals surface area contributed by atoms with E-state index in [0.717, 1.165) is 31.0 Å². The van der Waals surface area contributed by atoms with Crippen molar-refractivity contribution >= 4 is 0 Å². The number of hydrogen-bond acceptors (Lipinski definition) is 3. The van der Waals surface area contributed by atoms with Crippen LogP contribution < -0.4 is 14.8 Å². The second kappa shape index (κ2) is 6.19. The zero-order valence-electron chi connectivity index (χ0n) is 12.6. The van der Waals surface area contributed by atoms with Gasteiger partial charge in [-0.25, -0.2) is 0 Å². The Hall–Kier alpha value is -2.00. The monoisotopic (exact) mass is 283 g/mol. The molecule has 0 amide bonds. The summed E-state index contributed by atoms with van der Waals surface area (Å²) in [6.07, 6.45) is 1.05. The Balaban J connectivity index is 1.90. The normalized spacial score (nSPS) is 17.7. The van der Waals surface area contributed by atoms with Gasteiger partial charge in [0.25, 0.3) is 0 Å². The van der Waals surface area contributed by atoms with Crippen molar-refractivity contribution in [2.75, 3.05) is 20.8 Å². The van der Waals surface area contributed by atoms with Crippen LogP contribution in [0.3, 0.4) is 0 Å². The molecular weight excluding hydrogens is 262 g/mol. The summed E-state index contributed by atoms with van der Waals surface area (Å²) in [4.78, 5) is 0. The van der Waals surface area contributed by atoms with Gasteiger partial charge in [-0.2, -0.15) is 0 Å². The van der Waals surface area contributed by atoms with Crippen LogP contribution in [0.25, 0.3) is 0 Å². The molecule has 1 aliphatic heterocycles. The fraction of sp³-hybridized carbons (Fsp3) is 0.333. The number of methoxy groups -OCH3 is 2. The number of benzene rings is 2. The summed E-state index contributed by atoms with van der Waals surface area (Å²) in [5, 5.41) is 3.55. The molecule has 0 saturated carbocycles. The number of rotatable bonds is 3. The average molecular weight is 283 g/mol. The van der Waals surface area contributed by atoms with Gasteiger partial charge in [-0.05, 0) is 35.2 Å². The molecule has 1 aliphatic rings. The lowest BCUT2D eigenvalue weighted by Gasteiger charge is -2.17. The van der Waals surface area contributed by atoms with Crippen LogP contribution in [0.1, 0.15) is 22.6 Å². The Labute approximate surface area is 125 Å². The van der Waals surface area contributed by atoms with E-state index in [4.69, 9.17) is 9.47 Å². The molecule has 0 saturated heterocycles. The molecule has 3 rings (SSSR count). The van der Waals surface area contributed by atoms with Crippen LogP contribution in [-0.2, 0) is 13.0 Å². The largest absolute Gasteiger partial charge is 0.493 e. The summed E-state index contributed by atoms with van der Waals surface area (Å²) in [6.45, 7) is 1.92. The molecule has 2 aromatic carbocycles. The minimum absolute atomic E-state index is 0.452. The molecule has 0 radical (unpaired) electrons. The van der Waals surface area contributed by atoms with Gasteiger partial charge >= 0.3 is 0 Å². The zero-order chi connectivity index (χ0) is 14.7. The van der Waals surface area contributed by atoms with E-state index in [1.165, 1.54) is 16.7 Å². The fourth-order valence-electron chi connectivity index (χ4n) is 2.99. The number of ether oxygens (including phenoxy) is 2. The van der Waals surface area contributed by atoms with Gasteiger partial charge in [-0.3, -0.25) is 0 Å². The van der Waals surface area contributed by atoms with Gasteiger partial charge in [0, 0.05) is 19.0 Å². The van der Waals surface area contributed by atoms with Gasteiger partial charge in [0.05, 0.1) is 14.2 Å². The molecule has 0 fully saturated rings. The molecule has 21 heavy (non-hydrogen) atoms. The van der Waals surface area contributed by atoms with Crippen LogP contribution in [0.4, 0.5) is 0 Å². The molecule has 0 aliphatic carbocycles. The predicted octanol–water partition coefficient (Wildman–Crippen LogP) is 3.13. The lowest BCUT2D eigenvalue weighted by atomic mass is 9.91. The first-order valence-corrected chi connectivity index (χ1v) is 7.31. The number of fused-ring (bicyclic) bond motifs is 1. The molecule has 1 atom stereocenters. The second-order valence-electron chi connectivity index (χ2n) is 5.42. The highest BCUT2D eigenvalue weighted by molar-refractivity contribution is 5.44. The fourth-order valence-corrected chi connectivity index (χ4v) is 2.99. The van der Waals surface area contributed by atoms with Crippen molar-refractivity contribution in [2.24, 2.45) is 0 Å². The standard InChI is InChI=1S/C18H21NO2/c1-20-17-8-7-14(10-18(17)21-2)16-9-13-5-3-4-6-15(13)11-19-12-16/h3-8,10,16,19H,9,11-12H2,1-2H3. The minimum atomic E-state index is 0.452. The second-order valence-corrected chi connectivity index (χ2v) is 5.42. The lowest BCUT2D eigenvalue weighted by molar-refractivity contribution is 0.354. The molecule has 1 N–H and O–H groups in total. The molecular formula is C18H21NO2. The Kier molecular flexibility index (Phi) is 4.11. The van der Waals surface area contributed by atoms with Crippen molar-refractivity contribution in [1.82, 2.24) is 5.32 Å². The maximum atomic E-state index is 5.42. The Morgan fingerprint density at radius 3 is 2.48 bits per heavy atom. The Morgan fingerprint density at radius 1 is 0.952 bits per heavy atom. The van der Waals surface area contributed by atoms with E-state index in [-0.39, 0.29) is 0 Å². The van der Waals surface area contributed by atoms with Gasteiger partial charge < -0.3 is 14.8 Å². The van der Waals surface area contributed by atoms with Crippen molar-refractivity contribution in [3.05, 3.63) is 59.2 Å². The van der Waals surface area contributed by atoms with Crippen molar-refractivity contribution in [1.29, 1.82) is 0 Å². The maximum absolute atomic E-state index is 5.42. The first kappa shape index (κ1) is 14.0. The van der Waals surface area contributed by atoms with Crippen LogP contribution >= 0.6 is 0 Å². The average Bonchev–Trinajstić information content (AvgIpc) is 2.76. The molecule has 1 heterocycles. The smallest absolute Gasteiger partial charge is 0.160 e. The van der Waals surface area contributed by atoms with E-state index in [1.54, 1.807) is 14.2 Å². The minimum Gasteiger partial charge on any atom is -0.493 e. The van der Waals surface area contributed by atoms with E-state index in [0.29, 0.717) is 5.92 Å².